The Labute approximate surface area is 86.2 Å². The molecule has 2 nitrogen and oxygen atoms in total. The second kappa shape index (κ2) is 4.33. The van der Waals surface area contributed by atoms with E-state index in [2.05, 4.69) is 10.6 Å². The minimum atomic E-state index is -4.14. The van der Waals surface area contributed by atoms with Gasteiger partial charge in [0.2, 0.25) is 0 Å². The lowest BCUT2D eigenvalue weighted by molar-refractivity contribution is -0.138. The normalized spacial score (nSPS) is 18.9. The van der Waals surface area contributed by atoms with Crippen molar-refractivity contribution >= 4 is 17.3 Å². The molecule has 1 saturated carbocycles. The van der Waals surface area contributed by atoms with Crippen LogP contribution >= 0.6 is 12.2 Å². The molecular weight excluding hydrogens is 213 g/mol. The van der Waals surface area contributed by atoms with Gasteiger partial charge in [-0.3, -0.25) is 0 Å². The average Bonchev–Trinajstić information content (AvgIpc) is 2.64. The topological polar surface area (TPSA) is 24.1 Å². The summed E-state index contributed by atoms with van der Waals surface area (Å²) in [5.74, 6) is 0. The first kappa shape index (κ1) is 11.6. The van der Waals surface area contributed by atoms with Gasteiger partial charge in [0.25, 0.3) is 0 Å². The molecule has 1 fully saturated rings. The Bertz CT molecular complexity index is 213. The predicted molar refractivity (Wildman–Crippen MR) is 52.0 cm³/mol. The largest absolute Gasteiger partial charge is 0.391 e. The maximum absolute atomic E-state index is 11.9. The molecule has 0 amide bonds. The van der Waals surface area contributed by atoms with Crippen molar-refractivity contribution in [2.75, 3.05) is 0 Å². The van der Waals surface area contributed by atoms with Crippen molar-refractivity contribution < 1.29 is 13.2 Å². The Hall–Kier alpha value is -0.520. The summed E-state index contributed by atoms with van der Waals surface area (Å²) in [5.41, 5.74) is 0. The number of hydrogen-bond donors (Lipinski definition) is 2. The van der Waals surface area contributed by atoms with Crippen molar-refractivity contribution in [3.8, 4) is 0 Å². The van der Waals surface area contributed by atoms with E-state index in [0.717, 1.165) is 12.8 Å². The van der Waals surface area contributed by atoms with Crippen molar-refractivity contribution in [3.63, 3.8) is 0 Å². The molecule has 2 N–H and O–H groups in total. The lowest BCUT2D eigenvalue weighted by Gasteiger charge is -2.18. The molecule has 0 aliphatic heterocycles. The van der Waals surface area contributed by atoms with Crippen molar-refractivity contribution in [1.29, 1.82) is 0 Å². The van der Waals surface area contributed by atoms with Crippen LogP contribution in [0.5, 0.6) is 0 Å². The highest BCUT2D eigenvalue weighted by atomic mass is 32.1. The maximum Gasteiger partial charge on any atom is 0.391 e. The van der Waals surface area contributed by atoms with Gasteiger partial charge in [-0.15, -0.1) is 0 Å². The van der Waals surface area contributed by atoms with Gasteiger partial charge in [0, 0.05) is 12.1 Å². The van der Waals surface area contributed by atoms with Gasteiger partial charge in [0.05, 0.1) is 6.42 Å². The van der Waals surface area contributed by atoms with Crippen LogP contribution in [0.25, 0.3) is 0 Å². The Morgan fingerprint density at radius 1 is 1.50 bits per heavy atom. The molecule has 1 aliphatic carbocycles. The molecular formula is C8H13F3N2S. The van der Waals surface area contributed by atoms with Gasteiger partial charge >= 0.3 is 6.18 Å². The second-order valence-corrected chi connectivity index (χ2v) is 4.02. The van der Waals surface area contributed by atoms with Crippen LogP contribution in [-0.4, -0.2) is 23.4 Å². The molecule has 82 valence electrons. The fourth-order valence-corrected chi connectivity index (χ4v) is 1.44. The number of nitrogens with one attached hydrogen (secondary N) is 2. The molecule has 0 aromatic heterocycles. The minimum absolute atomic E-state index is 0.323. The fourth-order valence-electron chi connectivity index (χ4n) is 1.08. The first-order chi connectivity index (χ1) is 6.37. The van der Waals surface area contributed by atoms with Crippen LogP contribution in [0.4, 0.5) is 13.2 Å². The number of rotatable bonds is 3. The van der Waals surface area contributed by atoms with E-state index in [-0.39, 0.29) is 0 Å². The van der Waals surface area contributed by atoms with Gasteiger partial charge in [-0.2, -0.15) is 13.2 Å². The van der Waals surface area contributed by atoms with E-state index in [0.29, 0.717) is 11.2 Å². The van der Waals surface area contributed by atoms with Crippen LogP contribution in [0.2, 0.25) is 0 Å². The maximum atomic E-state index is 11.9. The van der Waals surface area contributed by atoms with Crippen LogP contribution in [-0.2, 0) is 0 Å². The smallest absolute Gasteiger partial charge is 0.360 e. The first-order valence-electron chi connectivity index (χ1n) is 4.50. The molecule has 0 bridgehead atoms. The highest BCUT2D eigenvalue weighted by Gasteiger charge is 2.30. The van der Waals surface area contributed by atoms with E-state index in [1.807, 2.05) is 0 Å². The standard InChI is InChI=1S/C8H13F3N2S/c1-5(4-8(9,10)11)12-7(14)13-6-2-3-6/h5-6H,2-4H2,1H3,(H2,12,13,14). The van der Waals surface area contributed by atoms with Gasteiger partial charge in [0.1, 0.15) is 0 Å². The molecule has 0 aromatic rings. The molecule has 0 heterocycles. The molecule has 14 heavy (non-hydrogen) atoms. The summed E-state index contributed by atoms with van der Waals surface area (Å²) in [7, 11) is 0. The summed E-state index contributed by atoms with van der Waals surface area (Å²) in [6.07, 6.45) is -2.90. The molecule has 0 aromatic carbocycles. The molecule has 1 unspecified atom stereocenters. The van der Waals surface area contributed by atoms with E-state index in [4.69, 9.17) is 12.2 Å². The van der Waals surface area contributed by atoms with Crippen molar-refractivity contribution in [2.45, 2.75) is 44.4 Å². The molecule has 0 radical (unpaired) electrons. The number of hydrogen-bond acceptors (Lipinski definition) is 1. The summed E-state index contributed by atoms with van der Waals surface area (Å²) in [6.45, 7) is 1.47. The quantitative estimate of drug-likeness (QED) is 0.719. The molecule has 1 aliphatic rings. The van der Waals surface area contributed by atoms with Crippen LogP contribution in [0.3, 0.4) is 0 Å². The average molecular weight is 226 g/mol. The van der Waals surface area contributed by atoms with Crippen LogP contribution in [0.15, 0.2) is 0 Å². The van der Waals surface area contributed by atoms with E-state index in [1.165, 1.54) is 6.92 Å². The van der Waals surface area contributed by atoms with Crippen LogP contribution in [0, 0.1) is 0 Å². The monoisotopic (exact) mass is 226 g/mol. The van der Waals surface area contributed by atoms with Crippen LogP contribution in [0.1, 0.15) is 26.2 Å². The molecule has 1 atom stereocenters. The van der Waals surface area contributed by atoms with E-state index in [1.54, 1.807) is 0 Å². The Kier molecular flexibility index (Phi) is 3.58. The van der Waals surface area contributed by atoms with Gasteiger partial charge in [-0.25, -0.2) is 0 Å². The van der Waals surface area contributed by atoms with Crippen molar-refractivity contribution in [2.24, 2.45) is 0 Å². The number of alkyl halides is 3. The zero-order chi connectivity index (χ0) is 10.8. The molecule has 0 saturated heterocycles. The molecule has 1 rings (SSSR count). The Morgan fingerprint density at radius 3 is 2.50 bits per heavy atom. The highest BCUT2D eigenvalue weighted by Crippen LogP contribution is 2.21. The number of halogens is 3. The lowest BCUT2D eigenvalue weighted by Crippen LogP contribution is -2.43. The van der Waals surface area contributed by atoms with Crippen molar-refractivity contribution in [3.05, 3.63) is 0 Å². The third-order valence-corrected chi connectivity index (χ3v) is 2.06. The Balaban J connectivity index is 2.18. The van der Waals surface area contributed by atoms with E-state index < -0.39 is 18.6 Å². The minimum Gasteiger partial charge on any atom is -0.360 e. The molecule has 6 heteroatoms. The van der Waals surface area contributed by atoms with Crippen LogP contribution < -0.4 is 10.6 Å². The summed E-state index contributed by atoms with van der Waals surface area (Å²) >= 11 is 4.85. The second-order valence-electron chi connectivity index (χ2n) is 3.61. The van der Waals surface area contributed by atoms with Crippen molar-refractivity contribution in [1.82, 2.24) is 10.6 Å². The van der Waals surface area contributed by atoms with Gasteiger partial charge in [0.15, 0.2) is 5.11 Å². The highest BCUT2D eigenvalue weighted by molar-refractivity contribution is 7.80. The third kappa shape index (κ3) is 5.26. The predicted octanol–water partition coefficient (Wildman–Crippen LogP) is 1.95. The lowest BCUT2D eigenvalue weighted by atomic mass is 10.2. The summed E-state index contributed by atoms with van der Waals surface area (Å²) in [5, 5.41) is 5.85. The SMILES string of the molecule is CC(CC(F)(F)F)NC(=S)NC1CC1. The van der Waals surface area contributed by atoms with E-state index in [9.17, 15) is 13.2 Å². The van der Waals surface area contributed by atoms with E-state index >= 15 is 0 Å². The van der Waals surface area contributed by atoms with Gasteiger partial charge in [-0.05, 0) is 32.0 Å². The summed E-state index contributed by atoms with van der Waals surface area (Å²) in [6, 6.07) is -0.304. The zero-order valence-electron chi connectivity index (χ0n) is 7.82. The van der Waals surface area contributed by atoms with Gasteiger partial charge in [-0.1, -0.05) is 0 Å². The zero-order valence-corrected chi connectivity index (χ0v) is 8.63. The fraction of sp³-hybridized carbons (Fsp3) is 0.875. The Morgan fingerprint density at radius 2 is 2.07 bits per heavy atom. The summed E-state index contributed by atoms with van der Waals surface area (Å²) < 4.78 is 35.8. The summed E-state index contributed by atoms with van der Waals surface area (Å²) in [4.78, 5) is 0. The van der Waals surface area contributed by atoms with Gasteiger partial charge < -0.3 is 10.6 Å². The third-order valence-electron chi connectivity index (χ3n) is 1.83. The molecule has 0 spiro atoms. The number of thiocarbonyl (C=S) groups is 1. The first-order valence-corrected chi connectivity index (χ1v) is 4.91.